The van der Waals surface area contributed by atoms with Gasteiger partial charge in [0.05, 0.1) is 11.6 Å². The maximum Gasteiger partial charge on any atom is 0.253 e. The zero-order valence-corrected chi connectivity index (χ0v) is 18.8. The molecular weight excluding hydrogens is 472 g/mol. The quantitative estimate of drug-likeness (QED) is 0.614. The summed E-state index contributed by atoms with van der Waals surface area (Å²) in [6.45, 7) is 1.43. The first-order valence-electron chi connectivity index (χ1n) is 8.57. The van der Waals surface area contributed by atoms with E-state index in [2.05, 4.69) is 15.9 Å². The lowest BCUT2D eigenvalue weighted by Gasteiger charge is -2.26. The van der Waals surface area contributed by atoms with Crippen molar-refractivity contribution in [3.05, 3.63) is 49.6 Å². The summed E-state index contributed by atoms with van der Waals surface area (Å²) >= 11 is 11.1. The highest BCUT2D eigenvalue weighted by Crippen LogP contribution is 2.28. The van der Waals surface area contributed by atoms with E-state index >= 15 is 0 Å². The molecule has 2 aromatic rings. The lowest BCUT2D eigenvalue weighted by atomic mass is 10.2. The van der Waals surface area contributed by atoms with Crippen LogP contribution in [0.25, 0.3) is 0 Å². The lowest BCUT2D eigenvalue weighted by molar-refractivity contribution is 0.0786. The van der Waals surface area contributed by atoms with Crippen LogP contribution in [0.4, 0.5) is 0 Å². The van der Waals surface area contributed by atoms with E-state index in [4.69, 9.17) is 11.6 Å². The van der Waals surface area contributed by atoms with Crippen LogP contribution in [-0.4, -0.2) is 43.7 Å². The third-order valence-electron chi connectivity index (χ3n) is 4.47. The van der Waals surface area contributed by atoms with Crippen molar-refractivity contribution in [1.29, 1.82) is 0 Å². The Morgan fingerprint density at radius 2 is 1.96 bits per heavy atom. The molecule has 0 radical (unpaired) electrons. The number of hydrogen-bond donors (Lipinski definition) is 0. The number of carbonyl (C=O) groups is 1. The van der Waals surface area contributed by atoms with Gasteiger partial charge in [0.1, 0.15) is 4.90 Å². The molecule has 1 saturated heterocycles. The number of benzene rings is 1. The van der Waals surface area contributed by atoms with Gasteiger partial charge < -0.3 is 4.90 Å². The molecule has 0 unspecified atom stereocenters. The predicted octanol–water partition coefficient (Wildman–Crippen LogP) is 4.61. The van der Waals surface area contributed by atoms with Gasteiger partial charge in [0, 0.05) is 40.4 Å². The number of amides is 1. The molecule has 1 aliphatic rings. The molecule has 146 valence electrons. The maximum atomic E-state index is 13.0. The Labute approximate surface area is 177 Å². The first kappa shape index (κ1) is 20.8. The number of nitrogens with zero attached hydrogens (tertiary/aromatic N) is 2. The van der Waals surface area contributed by atoms with Crippen molar-refractivity contribution in [3.63, 3.8) is 0 Å². The SMILES string of the molecule is CN(Cc1cc(Br)cs1)C(=O)c1ccc(Cl)c(S(=O)(=O)N2CCCCC2)c1. The van der Waals surface area contributed by atoms with E-state index in [-0.39, 0.29) is 15.8 Å². The first-order valence-corrected chi connectivity index (χ1v) is 12.1. The van der Waals surface area contributed by atoms with Gasteiger partial charge in [-0.05, 0) is 53.0 Å². The van der Waals surface area contributed by atoms with E-state index in [1.165, 1.54) is 16.4 Å². The Morgan fingerprint density at radius 3 is 2.59 bits per heavy atom. The third kappa shape index (κ3) is 4.74. The number of carbonyl (C=O) groups excluding carboxylic acids is 1. The number of halogens is 2. The highest BCUT2D eigenvalue weighted by molar-refractivity contribution is 9.10. The summed E-state index contributed by atoms with van der Waals surface area (Å²) in [5, 5.41) is 2.10. The maximum absolute atomic E-state index is 13.0. The van der Waals surface area contributed by atoms with Gasteiger partial charge in [-0.15, -0.1) is 11.3 Å². The predicted molar refractivity (Wildman–Crippen MR) is 112 cm³/mol. The monoisotopic (exact) mass is 490 g/mol. The zero-order chi connectivity index (χ0) is 19.6. The average Bonchev–Trinajstić information content (AvgIpc) is 3.06. The van der Waals surface area contributed by atoms with E-state index in [0.717, 1.165) is 28.6 Å². The van der Waals surface area contributed by atoms with Gasteiger partial charge in [-0.2, -0.15) is 4.31 Å². The Morgan fingerprint density at radius 1 is 1.26 bits per heavy atom. The number of hydrogen-bond acceptors (Lipinski definition) is 4. The van der Waals surface area contributed by atoms with Crippen molar-refractivity contribution < 1.29 is 13.2 Å². The highest BCUT2D eigenvalue weighted by atomic mass is 79.9. The van der Waals surface area contributed by atoms with E-state index in [0.29, 0.717) is 25.2 Å². The second kappa shape index (κ2) is 8.61. The molecular formula is C18H20BrClN2O3S2. The van der Waals surface area contributed by atoms with Crippen molar-refractivity contribution in [1.82, 2.24) is 9.21 Å². The van der Waals surface area contributed by atoms with Gasteiger partial charge >= 0.3 is 0 Å². The number of thiophene rings is 1. The topological polar surface area (TPSA) is 57.7 Å². The molecule has 1 aliphatic heterocycles. The van der Waals surface area contributed by atoms with Crippen molar-refractivity contribution in [2.45, 2.75) is 30.7 Å². The van der Waals surface area contributed by atoms with Crippen LogP contribution in [0, 0.1) is 0 Å². The van der Waals surface area contributed by atoms with Crippen LogP contribution in [0.15, 0.2) is 39.0 Å². The summed E-state index contributed by atoms with van der Waals surface area (Å²) in [7, 11) is -2.01. The Bertz CT molecular complexity index is 940. The molecule has 5 nitrogen and oxygen atoms in total. The van der Waals surface area contributed by atoms with E-state index < -0.39 is 10.0 Å². The van der Waals surface area contributed by atoms with Crippen LogP contribution in [0.1, 0.15) is 34.5 Å². The van der Waals surface area contributed by atoms with Gasteiger partial charge in [-0.1, -0.05) is 18.0 Å². The highest BCUT2D eigenvalue weighted by Gasteiger charge is 2.29. The first-order chi connectivity index (χ1) is 12.8. The fraction of sp³-hybridized carbons (Fsp3) is 0.389. The molecule has 1 amide bonds. The van der Waals surface area contributed by atoms with Crippen LogP contribution < -0.4 is 0 Å². The molecule has 0 bridgehead atoms. The molecule has 2 heterocycles. The van der Waals surface area contributed by atoms with Crippen LogP contribution in [0.5, 0.6) is 0 Å². The fourth-order valence-corrected chi connectivity index (χ4v) is 6.56. The third-order valence-corrected chi connectivity index (χ3v) is 8.54. The fourth-order valence-electron chi connectivity index (χ4n) is 3.04. The van der Waals surface area contributed by atoms with E-state index in [9.17, 15) is 13.2 Å². The summed E-state index contributed by atoms with van der Waals surface area (Å²) < 4.78 is 28.4. The minimum Gasteiger partial charge on any atom is -0.337 e. The molecule has 0 aliphatic carbocycles. The average molecular weight is 492 g/mol. The number of sulfonamides is 1. The van der Waals surface area contributed by atoms with Gasteiger partial charge in [-0.3, -0.25) is 4.79 Å². The van der Waals surface area contributed by atoms with Crippen LogP contribution in [0.3, 0.4) is 0 Å². The van der Waals surface area contributed by atoms with Crippen molar-refractivity contribution >= 4 is 54.8 Å². The second-order valence-corrected chi connectivity index (χ2v) is 10.7. The van der Waals surface area contributed by atoms with Gasteiger partial charge in [0.25, 0.3) is 5.91 Å². The van der Waals surface area contributed by atoms with Gasteiger partial charge in [0.2, 0.25) is 10.0 Å². The van der Waals surface area contributed by atoms with E-state index in [1.807, 2.05) is 11.4 Å². The minimum absolute atomic E-state index is 0.00387. The Balaban J connectivity index is 1.84. The van der Waals surface area contributed by atoms with Crippen LogP contribution >= 0.6 is 38.9 Å². The lowest BCUT2D eigenvalue weighted by Crippen LogP contribution is -2.36. The standard InChI is InChI=1S/C18H20BrClN2O3S2/c1-21(11-15-10-14(19)12-26-15)18(23)13-5-6-16(20)17(9-13)27(24,25)22-7-3-2-4-8-22/h5-6,9-10,12H,2-4,7-8,11H2,1H3. The molecule has 3 rings (SSSR count). The summed E-state index contributed by atoms with van der Waals surface area (Å²) in [4.78, 5) is 15.4. The second-order valence-electron chi connectivity index (χ2n) is 6.50. The molecule has 0 atom stereocenters. The van der Waals surface area contributed by atoms with E-state index in [1.54, 1.807) is 29.4 Å². The van der Waals surface area contributed by atoms with Gasteiger partial charge in [0.15, 0.2) is 0 Å². The van der Waals surface area contributed by atoms with Crippen molar-refractivity contribution in [2.75, 3.05) is 20.1 Å². The number of rotatable bonds is 5. The van der Waals surface area contributed by atoms with Crippen LogP contribution in [-0.2, 0) is 16.6 Å². The largest absolute Gasteiger partial charge is 0.337 e. The molecule has 9 heteroatoms. The summed E-state index contributed by atoms with van der Waals surface area (Å²) in [5.74, 6) is -0.244. The molecule has 0 saturated carbocycles. The molecule has 1 aromatic carbocycles. The molecule has 1 fully saturated rings. The molecule has 0 N–H and O–H groups in total. The van der Waals surface area contributed by atoms with Crippen molar-refractivity contribution in [2.24, 2.45) is 0 Å². The molecule has 0 spiro atoms. The summed E-state index contributed by atoms with van der Waals surface area (Å²) in [5.41, 5.74) is 0.313. The summed E-state index contributed by atoms with van der Waals surface area (Å²) in [6.07, 6.45) is 2.71. The molecule has 1 aromatic heterocycles. The van der Waals surface area contributed by atoms with Gasteiger partial charge in [-0.25, -0.2) is 8.42 Å². The van der Waals surface area contributed by atoms with Crippen LogP contribution in [0.2, 0.25) is 5.02 Å². The Hall–Kier alpha value is -0.930. The minimum atomic E-state index is -3.70. The smallest absolute Gasteiger partial charge is 0.253 e. The Kier molecular flexibility index (Phi) is 6.63. The van der Waals surface area contributed by atoms with Crippen molar-refractivity contribution in [3.8, 4) is 0 Å². The normalized spacial score (nSPS) is 15.7. The zero-order valence-electron chi connectivity index (χ0n) is 14.8. The number of piperidine rings is 1. The summed E-state index contributed by atoms with van der Waals surface area (Å²) in [6, 6.07) is 6.42. The molecule has 27 heavy (non-hydrogen) atoms.